The van der Waals surface area contributed by atoms with Gasteiger partial charge in [0.25, 0.3) is 0 Å². The molecule has 0 unspecified atom stereocenters. The van der Waals surface area contributed by atoms with Crippen molar-refractivity contribution in [3.8, 4) is 0 Å². The second-order valence-electron chi connectivity index (χ2n) is 5.94. The van der Waals surface area contributed by atoms with E-state index in [2.05, 4.69) is 20.2 Å². The van der Waals surface area contributed by atoms with Crippen molar-refractivity contribution in [2.24, 2.45) is 5.92 Å². The molecule has 1 aromatic heterocycles. The van der Waals surface area contributed by atoms with Crippen molar-refractivity contribution in [2.45, 2.75) is 19.8 Å². The van der Waals surface area contributed by atoms with Gasteiger partial charge >= 0.3 is 0 Å². The van der Waals surface area contributed by atoms with Gasteiger partial charge in [-0.1, -0.05) is 12.1 Å². The lowest BCUT2D eigenvalue weighted by Gasteiger charge is -2.31. The number of nitrogens with zero attached hydrogens (tertiary/aromatic N) is 3. The van der Waals surface area contributed by atoms with Gasteiger partial charge in [-0.15, -0.1) is 0 Å². The Hall–Kier alpha value is -2.76. The topological polar surface area (TPSA) is 75.2 Å². The van der Waals surface area contributed by atoms with E-state index in [0.29, 0.717) is 17.2 Å². The summed E-state index contributed by atoms with van der Waals surface area (Å²) in [5.41, 5.74) is 1.27. The molecule has 0 spiro atoms. The smallest absolute Gasteiger partial charge is 0.227 e. The molecule has 1 fully saturated rings. The van der Waals surface area contributed by atoms with E-state index < -0.39 is 0 Å². The van der Waals surface area contributed by atoms with Crippen molar-refractivity contribution in [1.29, 1.82) is 0 Å². The first-order valence-corrected chi connectivity index (χ1v) is 8.07. The highest BCUT2D eigenvalue weighted by Crippen LogP contribution is 2.22. The molecule has 124 valence electrons. The minimum atomic E-state index is -0.0362. The van der Waals surface area contributed by atoms with Crippen LogP contribution in [0.5, 0.6) is 0 Å². The van der Waals surface area contributed by atoms with E-state index in [1.807, 2.05) is 0 Å². The van der Waals surface area contributed by atoms with Gasteiger partial charge in [-0.3, -0.25) is 9.59 Å². The lowest BCUT2D eigenvalue weighted by molar-refractivity contribution is -0.120. The van der Waals surface area contributed by atoms with E-state index in [4.69, 9.17) is 0 Å². The summed E-state index contributed by atoms with van der Waals surface area (Å²) in [6.07, 6.45) is 4.97. The van der Waals surface area contributed by atoms with Gasteiger partial charge in [-0.05, 0) is 38.0 Å². The largest absolute Gasteiger partial charge is 0.341 e. The Balaban J connectivity index is 1.57. The zero-order chi connectivity index (χ0) is 16.9. The van der Waals surface area contributed by atoms with Crippen LogP contribution in [0.15, 0.2) is 42.7 Å². The van der Waals surface area contributed by atoms with Crippen LogP contribution in [-0.2, 0) is 4.79 Å². The fraction of sp³-hybridized carbons (Fsp3) is 0.333. The Morgan fingerprint density at radius 1 is 1.12 bits per heavy atom. The molecule has 2 heterocycles. The van der Waals surface area contributed by atoms with Crippen LogP contribution in [0.25, 0.3) is 0 Å². The average molecular weight is 324 g/mol. The van der Waals surface area contributed by atoms with E-state index in [-0.39, 0.29) is 17.6 Å². The van der Waals surface area contributed by atoms with Crippen LogP contribution in [0.1, 0.15) is 30.1 Å². The first-order valence-electron chi connectivity index (χ1n) is 8.07. The normalized spacial score (nSPS) is 15.1. The van der Waals surface area contributed by atoms with Crippen molar-refractivity contribution >= 4 is 23.3 Å². The Morgan fingerprint density at radius 3 is 2.50 bits per heavy atom. The second-order valence-corrected chi connectivity index (χ2v) is 5.94. The van der Waals surface area contributed by atoms with Crippen molar-refractivity contribution < 1.29 is 9.59 Å². The Bertz CT molecular complexity index is 725. The van der Waals surface area contributed by atoms with Crippen LogP contribution >= 0.6 is 0 Å². The summed E-state index contributed by atoms with van der Waals surface area (Å²) in [6.45, 7) is 3.04. The molecule has 0 bridgehead atoms. The number of aromatic nitrogens is 2. The molecule has 3 rings (SSSR count). The summed E-state index contributed by atoms with van der Waals surface area (Å²) >= 11 is 0. The lowest BCUT2D eigenvalue weighted by Crippen LogP contribution is -2.39. The number of carbonyl (C=O) groups excluding carboxylic acids is 2. The molecule has 0 aliphatic carbocycles. The second kappa shape index (κ2) is 7.21. The number of amides is 1. The summed E-state index contributed by atoms with van der Waals surface area (Å²) in [5.74, 6) is 0.670. The highest BCUT2D eigenvalue weighted by atomic mass is 16.2. The molecule has 1 N–H and O–H groups in total. The minimum absolute atomic E-state index is 0.00401. The van der Waals surface area contributed by atoms with E-state index >= 15 is 0 Å². The van der Waals surface area contributed by atoms with E-state index in [1.54, 1.807) is 42.7 Å². The van der Waals surface area contributed by atoms with Gasteiger partial charge in [0.15, 0.2) is 5.78 Å². The van der Waals surface area contributed by atoms with Crippen molar-refractivity contribution in [3.05, 3.63) is 48.3 Å². The summed E-state index contributed by atoms with van der Waals surface area (Å²) < 4.78 is 0. The number of hydrogen-bond donors (Lipinski definition) is 1. The first kappa shape index (κ1) is 16.1. The summed E-state index contributed by atoms with van der Waals surface area (Å²) in [5, 5.41) is 2.92. The number of Topliss-reactive ketones (excluding diaryl/α,β-unsaturated/α-hetero) is 1. The zero-order valence-corrected chi connectivity index (χ0v) is 13.6. The van der Waals surface area contributed by atoms with Gasteiger partial charge in [0.2, 0.25) is 11.9 Å². The third-order valence-electron chi connectivity index (χ3n) is 4.24. The number of piperidine rings is 1. The van der Waals surface area contributed by atoms with Crippen LogP contribution in [0, 0.1) is 5.92 Å². The van der Waals surface area contributed by atoms with Crippen LogP contribution in [-0.4, -0.2) is 34.7 Å². The highest BCUT2D eigenvalue weighted by Gasteiger charge is 2.26. The molecule has 2 aromatic rings. The van der Waals surface area contributed by atoms with Crippen LogP contribution in [0.3, 0.4) is 0 Å². The standard InChI is InChI=1S/C18H20N4O2/c1-13(23)15-4-2-5-16(12-15)21-17(24)14-6-10-22(11-7-14)18-19-8-3-9-20-18/h2-5,8-9,12,14H,6-7,10-11H2,1H3,(H,21,24). The molecular weight excluding hydrogens is 304 g/mol. The van der Waals surface area contributed by atoms with Crippen molar-refractivity contribution in [3.63, 3.8) is 0 Å². The molecule has 1 amide bonds. The summed E-state index contributed by atoms with van der Waals surface area (Å²) in [7, 11) is 0. The quantitative estimate of drug-likeness (QED) is 0.875. The van der Waals surface area contributed by atoms with E-state index in [9.17, 15) is 9.59 Å². The van der Waals surface area contributed by atoms with Crippen molar-refractivity contribution in [1.82, 2.24) is 9.97 Å². The van der Waals surface area contributed by atoms with Gasteiger partial charge in [0.1, 0.15) is 0 Å². The molecule has 6 nitrogen and oxygen atoms in total. The van der Waals surface area contributed by atoms with E-state index in [1.165, 1.54) is 6.92 Å². The van der Waals surface area contributed by atoms with E-state index in [0.717, 1.165) is 25.9 Å². The Morgan fingerprint density at radius 2 is 1.83 bits per heavy atom. The maximum Gasteiger partial charge on any atom is 0.227 e. The molecule has 1 aliphatic heterocycles. The number of benzene rings is 1. The Labute approximate surface area is 140 Å². The molecule has 24 heavy (non-hydrogen) atoms. The summed E-state index contributed by atoms with van der Waals surface area (Å²) in [6, 6.07) is 8.83. The molecule has 1 aliphatic rings. The van der Waals surface area contributed by atoms with Crippen LogP contribution in [0.2, 0.25) is 0 Å². The average Bonchev–Trinajstić information content (AvgIpc) is 2.63. The number of nitrogens with one attached hydrogen (secondary N) is 1. The zero-order valence-electron chi connectivity index (χ0n) is 13.6. The van der Waals surface area contributed by atoms with Gasteiger partial charge < -0.3 is 10.2 Å². The molecule has 1 aromatic carbocycles. The number of hydrogen-bond acceptors (Lipinski definition) is 5. The third-order valence-corrected chi connectivity index (χ3v) is 4.24. The maximum atomic E-state index is 12.4. The molecular formula is C18H20N4O2. The van der Waals surface area contributed by atoms with Crippen molar-refractivity contribution in [2.75, 3.05) is 23.3 Å². The number of ketones is 1. The number of rotatable bonds is 4. The summed E-state index contributed by atoms with van der Waals surface area (Å²) in [4.78, 5) is 34.5. The van der Waals surface area contributed by atoms with Crippen LogP contribution in [0.4, 0.5) is 11.6 Å². The first-order chi connectivity index (χ1) is 11.6. The van der Waals surface area contributed by atoms with Gasteiger partial charge in [-0.2, -0.15) is 0 Å². The number of anilines is 2. The fourth-order valence-electron chi connectivity index (χ4n) is 2.86. The third kappa shape index (κ3) is 3.76. The predicted octanol–water partition coefficient (Wildman–Crippen LogP) is 2.53. The minimum Gasteiger partial charge on any atom is -0.341 e. The van der Waals surface area contributed by atoms with Gasteiger partial charge in [0, 0.05) is 42.7 Å². The molecule has 6 heteroatoms. The molecule has 0 radical (unpaired) electrons. The highest BCUT2D eigenvalue weighted by molar-refractivity contribution is 5.97. The monoisotopic (exact) mass is 324 g/mol. The number of carbonyl (C=O) groups is 2. The molecule has 0 atom stereocenters. The lowest BCUT2D eigenvalue weighted by atomic mass is 9.96. The fourth-order valence-corrected chi connectivity index (χ4v) is 2.86. The maximum absolute atomic E-state index is 12.4. The van der Waals surface area contributed by atoms with Gasteiger partial charge in [-0.25, -0.2) is 9.97 Å². The SMILES string of the molecule is CC(=O)c1cccc(NC(=O)C2CCN(c3ncccn3)CC2)c1. The molecule has 0 saturated carbocycles. The molecule has 1 saturated heterocycles. The predicted molar refractivity (Wildman–Crippen MR) is 92.0 cm³/mol. The van der Waals surface area contributed by atoms with Gasteiger partial charge in [0.05, 0.1) is 0 Å². The van der Waals surface area contributed by atoms with Crippen LogP contribution < -0.4 is 10.2 Å². The Kier molecular flexibility index (Phi) is 4.84.